The highest BCUT2D eigenvalue weighted by atomic mass is 127. The van der Waals surface area contributed by atoms with E-state index in [1.807, 2.05) is 13.0 Å². The molecule has 0 amide bonds. The number of aromatic nitrogens is 2. The minimum atomic E-state index is -0.286. The molecule has 0 spiro atoms. The van der Waals surface area contributed by atoms with E-state index in [0.29, 0.717) is 23.1 Å². The Hall–Kier alpha value is -1.24. The minimum absolute atomic E-state index is 0.286. The highest BCUT2D eigenvalue weighted by Crippen LogP contribution is 2.25. The Morgan fingerprint density at radius 2 is 1.95 bits per heavy atom. The lowest BCUT2D eigenvalue weighted by Gasteiger charge is -2.11. The number of aryl methyl sites for hydroxylation is 1. The van der Waals surface area contributed by atoms with Crippen LogP contribution in [0.25, 0.3) is 11.4 Å². The second-order valence-electron chi connectivity index (χ2n) is 5.31. The second kappa shape index (κ2) is 6.03. The number of nitrogens with two attached hydrogens (primary N) is 1. The maximum atomic E-state index is 13.5. The largest absolute Gasteiger partial charge is 0.383 e. The van der Waals surface area contributed by atoms with Crippen molar-refractivity contribution < 1.29 is 4.39 Å². The molecule has 0 aliphatic rings. The smallest absolute Gasteiger partial charge is 0.161 e. The van der Waals surface area contributed by atoms with Crippen LogP contribution in [0.3, 0.4) is 0 Å². The zero-order valence-corrected chi connectivity index (χ0v) is 13.9. The summed E-state index contributed by atoms with van der Waals surface area (Å²) >= 11 is 2.16. The van der Waals surface area contributed by atoms with Gasteiger partial charge in [0.15, 0.2) is 5.82 Å². The number of rotatable bonds is 3. The highest BCUT2D eigenvalue weighted by Gasteiger charge is 2.13. The fourth-order valence-electron chi connectivity index (χ4n) is 2.03. The van der Waals surface area contributed by atoms with Crippen LogP contribution in [0.5, 0.6) is 0 Å². The summed E-state index contributed by atoms with van der Waals surface area (Å²) < 4.78 is 14.4. The fraction of sp³-hybridized carbons (Fsp3) is 0.333. The first-order valence-corrected chi connectivity index (χ1v) is 7.54. The average Bonchev–Trinajstić information content (AvgIpc) is 2.32. The van der Waals surface area contributed by atoms with E-state index in [9.17, 15) is 4.39 Å². The maximum absolute atomic E-state index is 13.5. The van der Waals surface area contributed by atoms with Crippen LogP contribution >= 0.6 is 22.6 Å². The molecule has 1 aromatic heterocycles. The predicted molar refractivity (Wildman–Crippen MR) is 87.8 cm³/mol. The molecular weight excluding hydrogens is 368 g/mol. The summed E-state index contributed by atoms with van der Waals surface area (Å²) in [6, 6.07) is 4.78. The van der Waals surface area contributed by atoms with Gasteiger partial charge < -0.3 is 5.73 Å². The normalized spacial score (nSPS) is 11.1. The summed E-state index contributed by atoms with van der Waals surface area (Å²) in [5, 5.41) is 0. The van der Waals surface area contributed by atoms with Gasteiger partial charge in [0.05, 0.1) is 9.26 Å². The number of nitrogens with zero attached hydrogens (tertiary/aromatic N) is 2. The van der Waals surface area contributed by atoms with Gasteiger partial charge in [-0.2, -0.15) is 0 Å². The molecule has 0 saturated carbocycles. The van der Waals surface area contributed by atoms with Gasteiger partial charge in [-0.25, -0.2) is 14.4 Å². The van der Waals surface area contributed by atoms with Crippen LogP contribution in [0.15, 0.2) is 18.2 Å². The van der Waals surface area contributed by atoms with E-state index in [0.717, 1.165) is 21.2 Å². The molecule has 2 rings (SSSR count). The summed E-state index contributed by atoms with van der Waals surface area (Å²) in [4.78, 5) is 8.85. The van der Waals surface area contributed by atoms with Crippen molar-refractivity contribution in [1.82, 2.24) is 9.97 Å². The molecule has 0 saturated heterocycles. The molecule has 0 aliphatic carbocycles. The molecule has 20 heavy (non-hydrogen) atoms. The Kier molecular flexibility index (Phi) is 4.57. The van der Waals surface area contributed by atoms with Gasteiger partial charge in [0.25, 0.3) is 0 Å². The van der Waals surface area contributed by atoms with Crippen molar-refractivity contribution in [3.8, 4) is 11.4 Å². The van der Waals surface area contributed by atoms with Crippen LogP contribution in [0.1, 0.15) is 25.1 Å². The number of hydrogen-bond donors (Lipinski definition) is 1. The summed E-state index contributed by atoms with van der Waals surface area (Å²) in [6.07, 6.45) is 0.826. The molecule has 0 fully saturated rings. The third-order valence-electron chi connectivity index (χ3n) is 2.85. The van der Waals surface area contributed by atoms with Crippen molar-refractivity contribution in [2.24, 2.45) is 5.92 Å². The summed E-state index contributed by atoms with van der Waals surface area (Å²) in [6.45, 7) is 6.10. The van der Waals surface area contributed by atoms with E-state index in [-0.39, 0.29) is 5.82 Å². The molecule has 0 bridgehead atoms. The number of benzene rings is 1. The molecule has 0 radical (unpaired) electrons. The Morgan fingerprint density at radius 1 is 1.25 bits per heavy atom. The van der Waals surface area contributed by atoms with Crippen LogP contribution in [0.2, 0.25) is 0 Å². The SMILES string of the molecule is Cc1cc(F)cc(-c2nc(N)c(I)c(CC(C)C)n2)c1. The Labute approximate surface area is 132 Å². The first kappa shape index (κ1) is 15.2. The first-order chi connectivity index (χ1) is 9.36. The molecule has 3 nitrogen and oxygen atoms in total. The Morgan fingerprint density at radius 3 is 2.55 bits per heavy atom. The zero-order chi connectivity index (χ0) is 14.9. The van der Waals surface area contributed by atoms with Crippen LogP contribution in [0.4, 0.5) is 10.2 Å². The van der Waals surface area contributed by atoms with Gasteiger partial charge in [0, 0.05) is 5.56 Å². The molecule has 2 aromatic rings. The molecule has 0 aliphatic heterocycles. The lowest BCUT2D eigenvalue weighted by molar-refractivity contribution is 0.626. The Bertz CT molecular complexity index is 621. The van der Waals surface area contributed by atoms with E-state index in [2.05, 4.69) is 46.4 Å². The van der Waals surface area contributed by atoms with E-state index >= 15 is 0 Å². The first-order valence-electron chi connectivity index (χ1n) is 6.46. The second-order valence-corrected chi connectivity index (χ2v) is 6.39. The quantitative estimate of drug-likeness (QED) is 0.814. The number of nitrogen functional groups attached to an aromatic ring is 1. The van der Waals surface area contributed by atoms with Crippen molar-refractivity contribution in [2.75, 3.05) is 5.73 Å². The van der Waals surface area contributed by atoms with Crippen LogP contribution in [-0.2, 0) is 6.42 Å². The molecule has 5 heteroatoms. The van der Waals surface area contributed by atoms with Gasteiger partial charge in [-0.15, -0.1) is 0 Å². The third kappa shape index (κ3) is 3.45. The standard InChI is InChI=1S/C15H17FIN3/c1-8(2)4-12-13(17)14(18)20-15(19-12)10-5-9(3)6-11(16)7-10/h5-8H,4H2,1-3H3,(H2,18,19,20). The minimum Gasteiger partial charge on any atom is -0.383 e. The van der Waals surface area contributed by atoms with Crippen LogP contribution in [0, 0.1) is 22.2 Å². The lowest BCUT2D eigenvalue weighted by Crippen LogP contribution is -2.07. The maximum Gasteiger partial charge on any atom is 0.161 e. The fourth-order valence-corrected chi connectivity index (χ4v) is 2.49. The molecular formula is C15H17FIN3. The van der Waals surface area contributed by atoms with Crippen molar-refractivity contribution in [2.45, 2.75) is 27.2 Å². The van der Waals surface area contributed by atoms with Gasteiger partial charge in [-0.1, -0.05) is 13.8 Å². The van der Waals surface area contributed by atoms with Gasteiger partial charge in [-0.3, -0.25) is 0 Å². The molecule has 2 N–H and O–H groups in total. The molecule has 0 unspecified atom stereocenters. The topological polar surface area (TPSA) is 51.8 Å². The molecule has 106 valence electrons. The van der Waals surface area contributed by atoms with Crippen LogP contribution in [-0.4, -0.2) is 9.97 Å². The summed E-state index contributed by atoms with van der Waals surface area (Å²) in [5.41, 5.74) is 8.38. The van der Waals surface area contributed by atoms with Gasteiger partial charge in [-0.05, 0) is 65.6 Å². The van der Waals surface area contributed by atoms with E-state index < -0.39 is 0 Å². The van der Waals surface area contributed by atoms with Gasteiger partial charge in [0.2, 0.25) is 0 Å². The van der Waals surface area contributed by atoms with Crippen molar-refractivity contribution >= 4 is 28.4 Å². The van der Waals surface area contributed by atoms with Crippen molar-refractivity contribution in [3.05, 3.63) is 38.8 Å². The zero-order valence-electron chi connectivity index (χ0n) is 11.7. The van der Waals surface area contributed by atoms with Crippen molar-refractivity contribution in [1.29, 1.82) is 0 Å². The van der Waals surface area contributed by atoms with Crippen LogP contribution < -0.4 is 5.73 Å². The monoisotopic (exact) mass is 385 g/mol. The lowest BCUT2D eigenvalue weighted by atomic mass is 10.1. The predicted octanol–water partition coefficient (Wildman–Crippen LogP) is 3.98. The number of halogens is 2. The average molecular weight is 385 g/mol. The molecule has 0 atom stereocenters. The van der Waals surface area contributed by atoms with Crippen molar-refractivity contribution in [3.63, 3.8) is 0 Å². The highest BCUT2D eigenvalue weighted by molar-refractivity contribution is 14.1. The third-order valence-corrected chi connectivity index (χ3v) is 4.02. The number of anilines is 1. The van der Waals surface area contributed by atoms with E-state index in [4.69, 9.17) is 5.73 Å². The summed E-state index contributed by atoms with van der Waals surface area (Å²) in [5.74, 6) is 1.13. The van der Waals surface area contributed by atoms with Gasteiger partial charge in [0.1, 0.15) is 11.6 Å². The molecule has 1 heterocycles. The van der Waals surface area contributed by atoms with E-state index in [1.165, 1.54) is 12.1 Å². The van der Waals surface area contributed by atoms with Gasteiger partial charge >= 0.3 is 0 Å². The Balaban J connectivity index is 2.54. The summed E-state index contributed by atoms with van der Waals surface area (Å²) in [7, 11) is 0. The van der Waals surface area contributed by atoms with E-state index in [1.54, 1.807) is 0 Å². The number of hydrogen-bond acceptors (Lipinski definition) is 3. The molecule has 1 aromatic carbocycles.